The van der Waals surface area contributed by atoms with Crippen LogP contribution in [-0.2, 0) is 22.8 Å². The van der Waals surface area contributed by atoms with Gasteiger partial charge in [-0.3, -0.25) is 14.9 Å². The van der Waals surface area contributed by atoms with Crippen molar-refractivity contribution in [1.82, 2.24) is 14.9 Å². The lowest BCUT2D eigenvalue weighted by atomic mass is 10.1. The highest BCUT2D eigenvalue weighted by Crippen LogP contribution is 2.34. The van der Waals surface area contributed by atoms with E-state index in [4.69, 9.17) is 14.0 Å². The van der Waals surface area contributed by atoms with E-state index in [0.717, 1.165) is 27.4 Å². The molecule has 29 heavy (non-hydrogen) atoms. The number of fused-ring (bicyclic) bond motifs is 1. The van der Waals surface area contributed by atoms with Crippen LogP contribution >= 0.6 is 11.8 Å². The molecule has 4 rings (SSSR count). The van der Waals surface area contributed by atoms with E-state index in [2.05, 4.69) is 15.6 Å². The Labute approximate surface area is 170 Å². The maximum absolute atomic E-state index is 12.5. The van der Waals surface area contributed by atoms with E-state index in [1.807, 2.05) is 0 Å². The molecule has 10 heteroatoms. The number of benzene rings is 1. The normalized spacial score (nSPS) is 12.5. The molecule has 2 aromatic heterocycles. The standard InChI is InChI=1S/C19H18N4O5S/c1-26-11-3-5-16(27-2)12(7-11)14-4-6-18(25)23(21-14)8-17(24)20-19-13-9-29-10-15(13)22-28-19/h3-7H,8-10H2,1-2H3,(H,20,24). The number of amides is 1. The van der Waals surface area contributed by atoms with E-state index >= 15 is 0 Å². The number of rotatable bonds is 6. The highest BCUT2D eigenvalue weighted by atomic mass is 32.2. The second-order valence-electron chi connectivity index (χ2n) is 6.26. The average molecular weight is 414 g/mol. The Kier molecular flexibility index (Phi) is 5.26. The van der Waals surface area contributed by atoms with Crippen molar-refractivity contribution in [2.45, 2.75) is 18.1 Å². The number of thioether (sulfide) groups is 1. The zero-order valence-corrected chi connectivity index (χ0v) is 16.6. The fourth-order valence-corrected chi connectivity index (χ4v) is 4.00. The minimum absolute atomic E-state index is 0.262. The van der Waals surface area contributed by atoms with E-state index in [1.165, 1.54) is 6.07 Å². The Bertz CT molecular complexity index is 1120. The molecule has 0 saturated carbocycles. The lowest BCUT2D eigenvalue weighted by molar-refractivity contribution is -0.117. The quantitative estimate of drug-likeness (QED) is 0.655. The fraction of sp³-hybridized carbons (Fsp3) is 0.263. The number of carbonyl (C=O) groups excluding carboxylic acids is 1. The highest BCUT2D eigenvalue weighted by Gasteiger charge is 2.23. The monoisotopic (exact) mass is 414 g/mol. The van der Waals surface area contributed by atoms with Gasteiger partial charge in [-0.1, -0.05) is 5.16 Å². The molecule has 1 aromatic carbocycles. The Morgan fingerprint density at radius 2 is 2.10 bits per heavy atom. The second kappa shape index (κ2) is 8.00. The lowest BCUT2D eigenvalue weighted by Crippen LogP contribution is -2.29. The number of anilines is 1. The minimum atomic E-state index is -0.426. The maximum Gasteiger partial charge on any atom is 0.267 e. The number of carbonyl (C=O) groups is 1. The van der Waals surface area contributed by atoms with Crippen molar-refractivity contribution in [2.24, 2.45) is 0 Å². The first kappa shape index (κ1) is 19.1. The molecule has 0 fully saturated rings. The third-order valence-electron chi connectivity index (χ3n) is 4.45. The van der Waals surface area contributed by atoms with Crippen LogP contribution in [0.4, 0.5) is 5.88 Å². The zero-order chi connectivity index (χ0) is 20.4. The molecule has 1 N–H and O–H groups in total. The molecule has 1 aliphatic heterocycles. The van der Waals surface area contributed by atoms with E-state index < -0.39 is 11.5 Å². The van der Waals surface area contributed by atoms with Crippen molar-refractivity contribution in [1.29, 1.82) is 0 Å². The molecule has 3 aromatic rings. The van der Waals surface area contributed by atoms with Crippen molar-refractivity contribution in [3.8, 4) is 22.8 Å². The third kappa shape index (κ3) is 3.83. The van der Waals surface area contributed by atoms with Crippen LogP contribution in [0.1, 0.15) is 11.3 Å². The molecule has 0 spiro atoms. The number of nitrogens with zero attached hydrogens (tertiary/aromatic N) is 3. The smallest absolute Gasteiger partial charge is 0.267 e. The van der Waals surface area contributed by atoms with E-state index in [0.29, 0.717) is 28.6 Å². The summed E-state index contributed by atoms with van der Waals surface area (Å²) in [6.45, 7) is -0.262. The molecule has 0 unspecified atom stereocenters. The van der Waals surface area contributed by atoms with E-state index in [1.54, 1.807) is 50.2 Å². The Balaban J connectivity index is 1.59. The summed E-state index contributed by atoms with van der Waals surface area (Å²) in [6.07, 6.45) is 0. The molecular weight excluding hydrogens is 396 g/mol. The molecule has 1 aliphatic rings. The minimum Gasteiger partial charge on any atom is -0.497 e. The van der Waals surface area contributed by atoms with Crippen molar-refractivity contribution >= 4 is 23.6 Å². The number of aromatic nitrogens is 3. The number of hydrogen-bond donors (Lipinski definition) is 1. The maximum atomic E-state index is 12.5. The van der Waals surface area contributed by atoms with Crippen LogP contribution in [0.5, 0.6) is 11.5 Å². The van der Waals surface area contributed by atoms with Crippen molar-refractivity contribution in [3.63, 3.8) is 0 Å². The summed E-state index contributed by atoms with van der Waals surface area (Å²) in [5.41, 5.74) is 2.45. The Morgan fingerprint density at radius 3 is 2.90 bits per heavy atom. The van der Waals surface area contributed by atoms with Gasteiger partial charge in [-0.15, -0.1) is 0 Å². The molecular formula is C19H18N4O5S. The SMILES string of the molecule is COc1ccc(OC)c(-c2ccc(=O)n(CC(=O)Nc3onc4c3CSC4)n2)c1. The van der Waals surface area contributed by atoms with Gasteiger partial charge in [0.1, 0.15) is 18.0 Å². The van der Waals surface area contributed by atoms with Gasteiger partial charge in [0.25, 0.3) is 5.56 Å². The number of methoxy groups -OCH3 is 2. The molecule has 150 valence electrons. The van der Waals surface area contributed by atoms with Gasteiger partial charge in [0.05, 0.1) is 31.2 Å². The first-order valence-corrected chi connectivity index (χ1v) is 9.90. The first-order valence-electron chi connectivity index (χ1n) is 8.74. The fourth-order valence-electron chi connectivity index (χ4n) is 2.97. The summed E-state index contributed by atoms with van der Waals surface area (Å²) in [6, 6.07) is 8.21. The average Bonchev–Trinajstić information content (AvgIpc) is 3.34. The molecule has 1 amide bonds. The summed E-state index contributed by atoms with van der Waals surface area (Å²) < 4.78 is 16.9. The molecule has 0 atom stereocenters. The van der Waals surface area contributed by atoms with E-state index in [9.17, 15) is 9.59 Å². The van der Waals surface area contributed by atoms with Crippen LogP contribution in [0.25, 0.3) is 11.3 Å². The molecule has 0 radical (unpaired) electrons. The summed E-state index contributed by atoms with van der Waals surface area (Å²) in [5, 5.41) is 10.9. The summed E-state index contributed by atoms with van der Waals surface area (Å²) >= 11 is 1.70. The molecule has 9 nitrogen and oxygen atoms in total. The van der Waals surface area contributed by atoms with E-state index in [-0.39, 0.29) is 6.54 Å². The van der Waals surface area contributed by atoms with Gasteiger partial charge >= 0.3 is 0 Å². The van der Waals surface area contributed by atoms with Gasteiger partial charge in [0.15, 0.2) is 0 Å². The van der Waals surface area contributed by atoms with Crippen LogP contribution in [0, 0.1) is 0 Å². The molecule has 0 bridgehead atoms. The predicted octanol–water partition coefficient (Wildman–Crippen LogP) is 2.30. The van der Waals surface area contributed by atoms with Gasteiger partial charge in [-0.25, -0.2) is 4.68 Å². The number of nitrogens with one attached hydrogen (secondary N) is 1. The first-order chi connectivity index (χ1) is 14.1. The van der Waals surface area contributed by atoms with Crippen molar-refractivity contribution in [3.05, 3.63) is 51.9 Å². The zero-order valence-electron chi connectivity index (χ0n) is 15.8. The van der Waals surface area contributed by atoms with Gasteiger partial charge in [-0.05, 0) is 24.3 Å². The van der Waals surface area contributed by atoms with Crippen LogP contribution in [0.3, 0.4) is 0 Å². The molecule has 0 saturated heterocycles. The Hall–Kier alpha value is -3.27. The van der Waals surface area contributed by atoms with Crippen molar-refractivity contribution < 1.29 is 18.8 Å². The third-order valence-corrected chi connectivity index (χ3v) is 5.42. The Morgan fingerprint density at radius 1 is 1.24 bits per heavy atom. The lowest BCUT2D eigenvalue weighted by Gasteiger charge is -2.11. The van der Waals surface area contributed by atoms with Gasteiger partial charge < -0.3 is 14.0 Å². The molecule has 0 aliphatic carbocycles. The topological polar surface area (TPSA) is 108 Å². The van der Waals surface area contributed by atoms with Crippen LogP contribution in [0.15, 0.2) is 39.6 Å². The summed E-state index contributed by atoms with van der Waals surface area (Å²) in [7, 11) is 3.10. The predicted molar refractivity (Wildman–Crippen MR) is 107 cm³/mol. The van der Waals surface area contributed by atoms with Gasteiger partial charge in [0.2, 0.25) is 11.8 Å². The van der Waals surface area contributed by atoms with Crippen LogP contribution in [0.2, 0.25) is 0 Å². The van der Waals surface area contributed by atoms with Gasteiger partial charge in [0, 0.05) is 23.1 Å². The van der Waals surface area contributed by atoms with Crippen LogP contribution in [-0.4, -0.2) is 35.1 Å². The second-order valence-corrected chi connectivity index (χ2v) is 7.24. The number of hydrogen-bond acceptors (Lipinski definition) is 8. The summed E-state index contributed by atoms with van der Waals surface area (Å²) in [5.74, 6) is 2.59. The van der Waals surface area contributed by atoms with Gasteiger partial charge in [-0.2, -0.15) is 16.9 Å². The largest absolute Gasteiger partial charge is 0.497 e. The summed E-state index contributed by atoms with van der Waals surface area (Å²) in [4.78, 5) is 24.7. The number of ether oxygens (including phenoxy) is 2. The van der Waals surface area contributed by atoms with Crippen molar-refractivity contribution in [2.75, 3.05) is 19.5 Å². The van der Waals surface area contributed by atoms with Crippen LogP contribution < -0.4 is 20.3 Å². The highest BCUT2D eigenvalue weighted by molar-refractivity contribution is 7.98. The molecule has 3 heterocycles.